The first-order valence-corrected chi connectivity index (χ1v) is 5.93. The third kappa shape index (κ3) is 0.856. The average molecular weight is 195 g/mol. The molecule has 0 spiro atoms. The second-order valence-corrected chi connectivity index (χ2v) is 6.69. The van der Waals surface area contributed by atoms with Gasteiger partial charge in [0.2, 0.25) is 0 Å². The van der Waals surface area contributed by atoms with Crippen molar-refractivity contribution in [2.45, 2.75) is 52.5 Å². The lowest BCUT2D eigenvalue weighted by Crippen LogP contribution is -2.60. The van der Waals surface area contributed by atoms with Gasteiger partial charge in [-0.1, -0.05) is 20.8 Å². The summed E-state index contributed by atoms with van der Waals surface area (Å²) in [5.74, 6) is 0.944. The topological polar surface area (TPSA) is 3.24 Å². The summed E-state index contributed by atoms with van der Waals surface area (Å²) in [4.78, 5) is 2.48. The Morgan fingerprint density at radius 2 is 1.64 bits per heavy atom. The molecule has 2 saturated carbocycles. The Balaban J connectivity index is 2.49. The third-order valence-corrected chi connectivity index (χ3v) is 6.09. The zero-order valence-electron chi connectivity index (χ0n) is 10.6. The molecule has 0 aliphatic heterocycles. The number of fused-ring (bicyclic) bond motifs is 2. The Labute approximate surface area is 88.9 Å². The molecular formula is C13H25N. The van der Waals surface area contributed by atoms with Crippen LogP contribution < -0.4 is 0 Å². The summed E-state index contributed by atoms with van der Waals surface area (Å²) >= 11 is 0. The van der Waals surface area contributed by atoms with Crippen LogP contribution in [0.25, 0.3) is 0 Å². The largest absolute Gasteiger partial charge is 0.303 e. The molecule has 0 amide bonds. The quantitative estimate of drug-likeness (QED) is 0.621. The monoisotopic (exact) mass is 195 g/mol. The van der Waals surface area contributed by atoms with Crippen LogP contribution in [0.3, 0.4) is 0 Å². The van der Waals surface area contributed by atoms with Gasteiger partial charge in [0, 0.05) is 5.54 Å². The molecule has 0 aromatic rings. The number of rotatable bonds is 1. The Morgan fingerprint density at radius 3 is 1.93 bits per heavy atom. The second-order valence-electron chi connectivity index (χ2n) is 6.69. The molecule has 0 aromatic carbocycles. The van der Waals surface area contributed by atoms with E-state index in [1.165, 1.54) is 19.3 Å². The zero-order valence-corrected chi connectivity index (χ0v) is 10.6. The van der Waals surface area contributed by atoms with Crippen LogP contribution in [-0.4, -0.2) is 24.5 Å². The molecule has 1 heteroatoms. The highest BCUT2D eigenvalue weighted by Crippen LogP contribution is 2.69. The molecule has 2 bridgehead atoms. The predicted octanol–water partition coefficient (Wildman–Crippen LogP) is 3.15. The van der Waals surface area contributed by atoms with Gasteiger partial charge in [0.1, 0.15) is 0 Å². The minimum Gasteiger partial charge on any atom is -0.303 e. The maximum absolute atomic E-state index is 2.50. The van der Waals surface area contributed by atoms with E-state index in [0.717, 1.165) is 5.92 Å². The number of nitrogens with zero attached hydrogens (tertiary/aromatic N) is 1. The van der Waals surface area contributed by atoms with Crippen molar-refractivity contribution in [1.82, 2.24) is 4.90 Å². The van der Waals surface area contributed by atoms with Crippen molar-refractivity contribution < 1.29 is 0 Å². The van der Waals surface area contributed by atoms with Crippen molar-refractivity contribution in [2.75, 3.05) is 14.1 Å². The zero-order chi connectivity index (χ0) is 10.8. The van der Waals surface area contributed by atoms with Crippen LogP contribution in [0, 0.1) is 16.7 Å². The highest BCUT2D eigenvalue weighted by Gasteiger charge is 2.67. The van der Waals surface area contributed by atoms with Crippen LogP contribution in [0.4, 0.5) is 0 Å². The van der Waals surface area contributed by atoms with Gasteiger partial charge in [0.25, 0.3) is 0 Å². The van der Waals surface area contributed by atoms with E-state index in [-0.39, 0.29) is 0 Å². The predicted molar refractivity (Wildman–Crippen MR) is 61.3 cm³/mol. The van der Waals surface area contributed by atoms with E-state index in [0.29, 0.717) is 16.4 Å². The minimum absolute atomic E-state index is 0.378. The van der Waals surface area contributed by atoms with Crippen molar-refractivity contribution in [2.24, 2.45) is 16.7 Å². The first-order chi connectivity index (χ1) is 6.26. The lowest BCUT2D eigenvalue weighted by Gasteiger charge is -2.56. The third-order valence-electron chi connectivity index (χ3n) is 6.09. The van der Waals surface area contributed by atoms with Crippen LogP contribution >= 0.6 is 0 Å². The molecular weight excluding hydrogens is 170 g/mol. The first-order valence-electron chi connectivity index (χ1n) is 5.93. The standard InChI is InChI=1S/C13H25N/c1-11(2)10-7-8-12(3,9-10)13(11,4)14(5)6/h10H,7-9H2,1-6H3/t10-,12-,13+/m1/s1. The Hall–Kier alpha value is -0.0400. The highest BCUT2D eigenvalue weighted by atomic mass is 15.2. The Kier molecular flexibility index (Phi) is 1.91. The van der Waals surface area contributed by atoms with Crippen LogP contribution in [0.1, 0.15) is 47.0 Å². The highest BCUT2D eigenvalue weighted by molar-refractivity contribution is 5.19. The van der Waals surface area contributed by atoms with Gasteiger partial charge in [0.05, 0.1) is 0 Å². The lowest BCUT2D eigenvalue weighted by atomic mass is 9.58. The molecule has 0 aromatic heterocycles. The summed E-state index contributed by atoms with van der Waals surface area (Å²) in [6.07, 6.45) is 4.32. The fraction of sp³-hybridized carbons (Fsp3) is 1.00. The molecule has 0 unspecified atom stereocenters. The van der Waals surface area contributed by atoms with E-state index >= 15 is 0 Å². The molecule has 2 aliphatic rings. The molecule has 2 fully saturated rings. The molecule has 2 aliphatic carbocycles. The fourth-order valence-electron chi connectivity index (χ4n) is 4.59. The van der Waals surface area contributed by atoms with E-state index in [9.17, 15) is 0 Å². The average Bonchev–Trinajstić information content (AvgIpc) is 2.51. The fourth-order valence-corrected chi connectivity index (χ4v) is 4.59. The van der Waals surface area contributed by atoms with Crippen molar-refractivity contribution in [3.05, 3.63) is 0 Å². The molecule has 0 saturated heterocycles. The number of hydrogen-bond acceptors (Lipinski definition) is 1. The van der Waals surface area contributed by atoms with Gasteiger partial charge >= 0.3 is 0 Å². The normalized spacial score (nSPS) is 50.4. The van der Waals surface area contributed by atoms with E-state index < -0.39 is 0 Å². The van der Waals surface area contributed by atoms with E-state index in [4.69, 9.17) is 0 Å². The smallest absolute Gasteiger partial charge is 0.0282 e. The van der Waals surface area contributed by atoms with Gasteiger partial charge in [-0.2, -0.15) is 0 Å². The van der Waals surface area contributed by atoms with Crippen molar-refractivity contribution in [1.29, 1.82) is 0 Å². The Bertz CT molecular complexity index is 249. The van der Waals surface area contributed by atoms with Crippen molar-refractivity contribution in [3.8, 4) is 0 Å². The van der Waals surface area contributed by atoms with Gasteiger partial charge in [0.15, 0.2) is 0 Å². The van der Waals surface area contributed by atoms with Gasteiger partial charge in [-0.25, -0.2) is 0 Å². The summed E-state index contributed by atoms with van der Waals surface area (Å²) in [7, 11) is 4.52. The van der Waals surface area contributed by atoms with Gasteiger partial charge in [-0.05, 0) is 57.0 Å². The van der Waals surface area contributed by atoms with Crippen LogP contribution in [0.5, 0.6) is 0 Å². The molecule has 2 rings (SSSR count). The molecule has 1 nitrogen and oxygen atoms in total. The van der Waals surface area contributed by atoms with Crippen LogP contribution in [-0.2, 0) is 0 Å². The maximum atomic E-state index is 2.50. The number of hydrogen-bond donors (Lipinski definition) is 0. The molecule has 14 heavy (non-hydrogen) atoms. The molecule has 3 atom stereocenters. The molecule has 0 N–H and O–H groups in total. The molecule has 82 valence electrons. The molecule has 0 radical (unpaired) electrons. The summed E-state index contributed by atoms with van der Waals surface area (Å²) in [5, 5.41) is 0. The summed E-state index contributed by atoms with van der Waals surface area (Å²) in [6, 6.07) is 0. The van der Waals surface area contributed by atoms with E-state index in [2.05, 4.69) is 46.7 Å². The Morgan fingerprint density at radius 1 is 1.07 bits per heavy atom. The van der Waals surface area contributed by atoms with Crippen LogP contribution in [0.2, 0.25) is 0 Å². The van der Waals surface area contributed by atoms with E-state index in [1.54, 1.807) is 0 Å². The van der Waals surface area contributed by atoms with Gasteiger partial charge in [-0.3, -0.25) is 0 Å². The summed E-state index contributed by atoms with van der Waals surface area (Å²) < 4.78 is 0. The summed E-state index contributed by atoms with van der Waals surface area (Å²) in [5.41, 5.74) is 1.40. The van der Waals surface area contributed by atoms with Gasteiger partial charge in [-0.15, -0.1) is 0 Å². The first kappa shape index (κ1) is 10.5. The SMILES string of the molecule is CN(C)[C@@]1(C)C(C)(C)[C@@H]2CC[C@]1(C)C2. The minimum atomic E-state index is 0.378. The van der Waals surface area contributed by atoms with Crippen LogP contribution in [0.15, 0.2) is 0 Å². The lowest BCUT2D eigenvalue weighted by molar-refractivity contribution is -0.0565. The van der Waals surface area contributed by atoms with Crippen molar-refractivity contribution >= 4 is 0 Å². The second kappa shape index (κ2) is 2.55. The molecule has 0 heterocycles. The van der Waals surface area contributed by atoms with Gasteiger partial charge < -0.3 is 4.90 Å². The van der Waals surface area contributed by atoms with Crippen molar-refractivity contribution in [3.63, 3.8) is 0 Å². The van der Waals surface area contributed by atoms with E-state index in [1.807, 2.05) is 0 Å². The maximum Gasteiger partial charge on any atom is 0.0282 e. The summed E-state index contributed by atoms with van der Waals surface area (Å²) in [6.45, 7) is 9.93.